The van der Waals surface area contributed by atoms with E-state index < -0.39 is 0 Å². The Kier molecular flexibility index (Phi) is 3.96. The van der Waals surface area contributed by atoms with E-state index in [9.17, 15) is 0 Å². The lowest BCUT2D eigenvalue weighted by Crippen LogP contribution is -1.87. The van der Waals surface area contributed by atoms with Crippen LogP contribution in [-0.4, -0.2) is 12.3 Å². The maximum atomic E-state index is 5.56. The number of hydrogen-bond donors (Lipinski definition) is 0. The molecular weight excluding hydrogens is 274 g/mol. The fraction of sp³-hybridized carbons (Fsp3) is 0.211. The third-order valence-corrected chi connectivity index (χ3v) is 3.79. The predicted molar refractivity (Wildman–Crippen MR) is 88.0 cm³/mol. The number of ether oxygens (including phenoxy) is 1. The number of aryl methyl sites for hydroxylation is 2. The van der Waals surface area contributed by atoms with Crippen LogP contribution in [-0.2, 0) is 6.42 Å². The van der Waals surface area contributed by atoms with Crippen LogP contribution >= 0.6 is 0 Å². The summed E-state index contributed by atoms with van der Waals surface area (Å²) in [5, 5.41) is 4.30. The summed E-state index contributed by atoms with van der Waals surface area (Å²) < 4.78 is 10.8. The Bertz CT molecular complexity index is 755. The summed E-state index contributed by atoms with van der Waals surface area (Å²) >= 11 is 0. The lowest BCUT2D eigenvalue weighted by Gasteiger charge is -2.05. The van der Waals surface area contributed by atoms with Gasteiger partial charge in [-0.15, -0.1) is 0 Å². The quantitative estimate of drug-likeness (QED) is 0.687. The van der Waals surface area contributed by atoms with E-state index in [-0.39, 0.29) is 0 Å². The summed E-state index contributed by atoms with van der Waals surface area (Å²) in [6.45, 7) is 4.17. The van der Waals surface area contributed by atoms with Gasteiger partial charge in [0.1, 0.15) is 17.2 Å². The van der Waals surface area contributed by atoms with E-state index in [1.807, 2.05) is 24.3 Å². The highest BCUT2D eigenvalue weighted by atomic mass is 16.5. The summed E-state index contributed by atoms with van der Waals surface area (Å²) in [5.74, 6) is 1.74. The molecule has 0 bridgehead atoms. The van der Waals surface area contributed by atoms with Gasteiger partial charge in [0.15, 0.2) is 0 Å². The highest BCUT2D eigenvalue weighted by molar-refractivity contribution is 5.82. The molecule has 0 atom stereocenters. The van der Waals surface area contributed by atoms with Crippen LogP contribution < -0.4 is 4.74 Å². The van der Waals surface area contributed by atoms with Crippen molar-refractivity contribution in [1.29, 1.82) is 0 Å². The second-order valence-electron chi connectivity index (χ2n) is 5.28. The van der Waals surface area contributed by atoms with Crippen LogP contribution in [0.5, 0.6) is 5.75 Å². The number of methoxy groups -OCH3 is 1. The number of aromatic nitrogens is 1. The molecule has 0 spiro atoms. The van der Waals surface area contributed by atoms with Gasteiger partial charge in [0.2, 0.25) is 0 Å². The lowest BCUT2D eigenvalue weighted by molar-refractivity contribution is 0.389. The van der Waals surface area contributed by atoms with Crippen molar-refractivity contribution in [1.82, 2.24) is 5.16 Å². The zero-order valence-corrected chi connectivity index (χ0v) is 13.1. The highest BCUT2D eigenvalue weighted by Gasteiger charge is 2.18. The van der Waals surface area contributed by atoms with Gasteiger partial charge in [-0.05, 0) is 36.8 Å². The van der Waals surface area contributed by atoms with Gasteiger partial charge in [-0.2, -0.15) is 0 Å². The van der Waals surface area contributed by atoms with Crippen molar-refractivity contribution in [2.45, 2.75) is 20.3 Å². The summed E-state index contributed by atoms with van der Waals surface area (Å²) in [6, 6.07) is 16.4. The van der Waals surface area contributed by atoms with Crippen molar-refractivity contribution in [3.05, 3.63) is 59.9 Å². The summed E-state index contributed by atoms with van der Waals surface area (Å²) in [4.78, 5) is 0. The molecule has 0 N–H and O–H groups in total. The Hall–Kier alpha value is -2.55. The van der Waals surface area contributed by atoms with E-state index in [0.717, 1.165) is 40.3 Å². The first-order chi connectivity index (χ1) is 10.7. The van der Waals surface area contributed by atoms with Gasteiger partial charge in [0, 0.05) is 12.0 Å². The maximum absolute atomic E-state index is 5.56. The SMILES string of the molecule is CCc1onc(-c2ccc(OC)cc2)c1-c1ccc(C)cc1. The lowest BCUT2D eigenvalue weighted by atomic mass is 9.97. The monoisotopic (exact) mass is 293 g/mol. The molecule has 3 aromatic rings. The third-order valence-electron chi connectivity index (χ3n) is 3.79. The molecule has 1 heterocycles. The molecule has 3 nitrogen and oxygen atoms in total. The normalized spacial score (nSPS) is 10.7. The molecule has 22 heavy (non-hydrogen) atoms. The average Bonchev–Trinajstić information content (AvgIpc) is 2.99. The molecule has 112 valence electrons. The molecule has 0 aliphatic heterocycles. The largest absolute Gasteiger partial charge is 0.497 e. The first-order valence-corrected chi connectivity index (χ1v) is 7.43. The fourth-order valence-corrected chi connectivity index (χ4v) is 2.53. The smallest absolute Gasteiger partial charge is 0.144 e. The van der Waals surface area contributed by atoms with Crippen molar-refractivity contribution in [2.24, 2.45) is 0 Å². The maximum Gasteiger partial charge on any atom is 0.144 e. The Morgan fingerprint density at radius 3 is 2.18 bits per heavy atom. The molecule has 3 heteroatoms. The van der Waals surface area contributed by atoms with Gasteiger partial charge in [-0.3, -0.25) is 0 Å². The van der Waals surface area contributed by atoms with Crippen LogP contribution in [0.4, 0.5) is 0 Å². The van der Waals surface area contributed by atoms with E-state index in [1.54, 1.807) is 7.11 Å². The van der Waals surface area contributed by atoms with E-state index in [2.05, 4.69) is 43.3 Å². The molecule has 0 saturated heterocycles. The summed E-state index contributed by atoms with van der Waals surface area (Å²) in [5.41, 5.74) is 5.36. The summed E-state index contributed by atoms with van der Waals surface area (Å²) in [7, 11) is 1.66. The Balaban J connectivity index is 2.11. The number of hydrogen-bond acceptors (Lipinski definition) is 3. The highest BCUT2D eigenvalue weighted by Crippen LogP contribution is 2.35. The van der Waals surface area contributed by atoms with E-state index in [0.29, 0.717) is 0 Å². The third kappa shape index (κ3) is 2.62. The van der Waals surface area contributed by atoms with Gasteiger partial charge in [0.05, 0.1) is 12.7 Å². The molecule has 0 saturated carbocycles. The van der Waals surface area contributed by atoms with Gasteiger partial charge in [-0.1, -0.05) is 41.9 Å². The summed E-state index contributed by atoms with van der Waals surface area (Å²) in [6.07, 6.45) is 0.812. The van der Waals surface area contributed by atoms with Gasteiger partial charge < -0.3 is 9.26 Å². The van der Waals surface area contributed by atoms with Gasteiger partial charge in [-0.25, -0.2) is 0 Å². The molecule has 3 rings (SSSR count). The zero-order valence-electron chi connectivity index (χ0n) is 13.1. The number of benzene rings is 2. The van der Waals surface area contributed by atoms with E-state index in [1.165, 1.54) is 5.56 Å². The second-order valence-corrected chi connectivity index (χ2v) is 5.28. The molecular formula is C19H19NO2. The van der Waals surface area contributed by atoms with Crippen molar-refractivity contribution in [3.63, 3.8) is 0 Å². The molecule has 0 aliphatic rings. The molecule has 2 aromatic carbocycles. The predicted octanol–water partition coefficient (Wildman–Crippen LogP) is 4.89. The van der Waals surface area contributed by atoms with Crippen molar-refractivity contribution < 1.29 is 9.26 Å². The van der Waals surface area contributed by atoms with Crippen molar-refractivity contribution in [3.8, 4) is 28.1 Å². The van der Waals surface area contributed by atoms with Crippen LogP contribution in [0.25, 0.3) is 22.4 Å². The van der Waals surface area contributed by atoms with Crippen LogP contribution in [0.1, 0.15) is 18.2 Å². The minimum Gasteiger partial charge on any atom is -0.497 e. The van der Waals surface area contributed by atoms with Crippen LogP contribution in [0.15, 0.2) is 53.1 Å². The first-order valence-electron chi connectivity index (χ1n) is 7.43. The van der Waals surface area contributed by atoms with Gasteiger partial charge >= 0.3 is 0 Å². The topological polar surface area (TPSA) is 35.3 Å². The zero-order chi connectivity index (χ0) is 15.5. The number of nitrogens with zero attached hydrogens (tertiary/aromatic N) is 1. The van der Waals surface area contributed by atoms with Crippen LogP contribution in [0, 0.1) is 6.92 Å². The molecule has 1 aromatic heterocycles. The Morgan fingerprint density at radius 1 is 0.955 bits per heavy atom. The van der Waals surface area contributed by atoms with Crippen LogP contribution in [0.2, 0.25) is 0 Å². The van der Waals surface area contributed by atoms with Crippen molar-refractivity contribution in [2.75, 3.05) is 7.11 Å². The molecule has 0 fully saturated rings. The molecule has 0 unspecified atom stereocenters. The van der Waals surface area contributed by atoms with Crippen LogP contribution in [0.3, 0.4) is 0 Å². The Labute approximate surface area is 130 Å². The van der Waals surface area contributed by atoms with E-state index in [4.69, 9.17) is 9.26 Å². The first kappa shape index (κ1) is 14.4. The molecule has 0 amide bonds. The second kappa shape index (κ2) is 6.06. The fourth-order valence-electron chi connectivity index (χ4n) is 2.53. The Morgan fingerprint density at radius 2 is 1.59 bits per heavy atom. The minimum atomic E-state index is 0.812. The number of rotatable bonds is 4. The van der Waals surface area contributed by atoms with Crippen molar-refractivity contribution >= 4 is 0 Å². The molecule has 0 aliphatic carbocycles. The standard InChI is InChI=1S/C19H19NO2/c1-4-17-18(14-7-5-13(2)6-8-14)19(20-22-17)15-9-11-16(21-3)12-10-15/h5-12H,4H2,1-3H3. The minimum absolute atomic E-state index is 0.812. The van der Waals surface area contributed by atoms with E-state index >= 15 is 0 Å². The molecule has 0 radical (unpaired) electrons. The average molecular weight is 293 g/mol. The van der Waals surface area contributed by atoms with Gasteiger partial charge in [0.25, 0.3) is 0 Å².